The number of aromatic nitrogens is 1. The molecule has 1 fully saturated rings. The van der Waals surface area contributed by atoms with Crippen LogP contribution >= 0.6 is 0 Å². The van der Waals surface area contributed by atoms with E-state index in [-0.39, 0.29) is 0 Å². The summed E-state index contributed by atoms with van der Waals surface area (Å²) in [6.07, 6.45) is 6.35. The summed E-state index contributed by atoms with van der Waals surface area (Å²) in [4.78, 5) is 7.05. The first-order valence-corrected chi connectivity index (χ1v) is 8.20. The zero-order valence-electron chi connectivity index (χ0n) is 13.2. The Kier molecular flexibility index (Phi) is 4.74. The predicted molar refractivity (Wildman–Crippen MR) is 90.2 cm³/mol. The number of hydrogen-bond acceptors (Lipinski definition) is 3. The van der Waals surface area contributed by atoms with Gasteiger partial charge in [-0.1, -0.05) is 43.2 Å². The molecule has 0 radical (unpaired) electrons. The molecule has 1 N–H and O–H groups in total. The third kappa shape index (κ3) is 3.30. The molecule has 1 aliphatic heterocycles. The van der Waals surface area contributed by atoms with E-state index in [1.165, 1.54) is 25.7 Å². The maximum atomic E-state index is 10.5. The number of aliphatic hydroxyl groups excluding tert-OH is 1. The number of nitrogens with zero attached hydrogens (tertiary/aromatic N) is 2. The minimum atomic E-state index is -0.606. The van der Waals surface area contributed by atoms with Crippen LogP contribution in [-0.4, -0.2) is 23.2 Å². The average Bonchev–Trinajstić information content (AvgIpc) is 2.84. The number of pyridine rings is 1. The fourth-order valence-electron chi connectivity index (χ4n) is 3.18. The molecule has 1 atom stereocenters. The van der Waals surface area contributed by atoms with E-state index in [2.05, 4.69) is 22.9 Å². The Morgan fingerprint density at radius 1 is 1.00 bits per heavy atom. The van der Waals surface area contributed by atoms with Gasteiger partial charge in [0.25, 0.3) is 0 Å². The lowest BCUT2D eigenvalue weighted by Gasteiger charge is -2.24. The molecule has 1 aliphatic rings. The minimum absolute atomic E-state index is 0.606. The van der Waals surface area contributed by atoms with Crippen LogP contribution in [0.3, 0.4) is 0 Å². The zero-order valence-corrected chi connectivity index (χ0v) is 13.2. The maximum Gasteiger partial charge on any atom is 0.131 e. The molecule has 2 aromatic rings. The SMILES string of the molecule is Cc1cc([C@@H](O)c2ccccc2)cnc1N1CCCCCC1. The van der Waals surface area contributed by atoms with Gasteiger partial charge in [0.1, 0.15) is 11.9 Å². The maximum absolute atomic E-state index is 10.5. The second-order valence-electron chi connectivity index (χ2n) is 6.12. The normalized spacial score (nSPS) is 17.1. The second-order valence-corrected chi connectivity index (χ2v) is 6.12. The zero-order chi connectivity index (χ0) is 15.4. The summed E-state index contributed by atoms with van der Waals surface area (Å²) in [6, 6.07) is 11.8. The van der Waals surface area contributed by atoms with Crippen molar-refractivity contribution < 1.29 is 5.11 Å². The van der Waals surface area contributed by atoms with Crippen molar-refractivity contribution in [3.63, 3.8) is 0 Å². The van der Waals surface area contributed by atoms with Crippen LogP contribution in [0.5, 0.6) is 0 Å². The summed E-state index contributed by atoms with van der Waals surface area (Å²) in [7, 11) is 0. The van der Waals surface area contributed by atoms with Crippen LogP contribution in [0.4, 0.5) is 5.82 Å². The third-order valence-corrected chi connectivity index (χ3v) is 4.41. The van der Waals surface area contributed by atoms with E-state index in [1.807, 2.05) is 36.5 Å². The van der Waals surface area contributed by atoms with Crippen molar-refractivity contribution >= 4 is 5.82 Å². The van der Waals surface area contributed by atoms with E-state index < -0.39 is 6.10 Å². The van der Waals surface area contributed by atoms with Crippen LogP contribution in [0.25, 0.3) is 0 Å². The molecular weight excluding hydrogens is 272 g/mol. The van der Waals surface area contributed by atoms with Gasteiger partial charge in [-0.05, 0) is 37.0 Å². The van der Waals surface area contributed by atoms with E-state index in [0.717, 1.165) is 35.6 Å². The van der Waals surface area contributed by atoms with E-state index in [1.54, 1.807) is 0 Å². The van der Waals surface area contributed by atoms with Crippen molar-refractivity contribution in [2.45, 2.75) is 38.7 Å². The lowest BCUT2D eigenvalue weighted by atomic mass is 10.0. The quantitative estimate of drug-likeness (QED) is 0.934. The predicted octanol–water partition coefficient (Wildman–Crippen LogP) is 3.85. The molecule has 0 unspecified atom stereocenters. The number of anilines is 1. The molecular formula is C19H24N2O. The Morgan fingerprint density at radius 3 is 2.32 bits per heavy atom. The van der Waals surface area contributed by atoms with Crippen molar-refractivity contribution in [2.75, 3.05) is 18.0 Å². The van der Waals surface area contributed by atoms with Crippen LogP contribution in [0.15, 0.2) is 42.6 Å². The highest BCUT2D eigenvalue weighted by atomic mass is 16.3. The minimum Gasteiger partial charge on any atom is -0.384 e. The molecule has 0 saturated carbocycles. The van der Waals surface area contributed by atoms with Gasteiger partial charge < -0.3 is 10.0 Å². The molecule has 0 aliphatic carbocycles. The first-order valence-electron chi connectivity index (χ1n) is 8.20. The highest BCUT2D eigenvalue weighted by Gasteiger charge is 2.16. The summed E-state index contributed by atoms with van der Waals surface area (Å²) >= 11 is 0. The Labute approximate surface area is 132 Å². The summed E-state index contributed by atoms with van der Waals surface area (Å²) in [5, 5.41) is 10.5. The van der Waals surface area contributed by atoms with Crippen molar-refractivity contribution in [3.8, 4) is 0 Å². The van der Waals surface area contributed by atoms with E-state index in [9.17, 15) is 5.11 Å². The number of rotatable bonds is 3. The van der Waals surface area contributed by atoms with Crippen molar-refractivity contribution in [3.05, 3.63) is 59.3 Å². The Morgan fingerprint density at radius 2 is 1.68 bits per heavy atom. The largest absolute Gasteiger partial charge is 0.384 e. The van der Waals surface area contributed by atoms with Gasteiger partial charge in [0.05, 0.1) is 0 Å². The van der Waals surface area contributed by atoms with Gasteiger partial charge in [0, 0.05) is 24.8 Å². The van der Waals surface area contributed by atoms with Gasteiger partial charge >= 0.3 is 0 Å². The smallest absolute Gasteiger partial charge is 0.131 e. The lowest BCUT2D eigenvalue weighted by Crippen LogP contribution is -2.25. The molecule has 1 aromatic heterocycles. The fourth-order valence-corrected chi connectivity index (χ4v) is 3.18. The molecule has 0 bridgehead atoms. The van der Waals surface area contributed by atoms with Gasteiger partial charge in [0.15, 0.2) is 0 Å². The third-order valence-electron chi connectivity index (χ3n) is 4.41. The summed E-state index contributed by atoms with van der Waals surface area (Å²) in [5.74, 6) is 1.07. The monoisotopic (exact) mass is 296 g/mol. The standard InChI is InChI=1S/C19H24N2O/c1-15-13-17(18(22)16-9-5-4-6-10-16)14-20-19(15)21-11-7-2-3-8-12-21/h4-6,9-10,13-14,18,22H,2-3,7-8,11-12H2,1H3/t18-/m0/s1. The van der Waals surface area contributed by atoms with Crippen molar-refractivity contribution in [1.82, 2.24) is 4.98 Å². The van der Waals surface area contributed by atoms with Crippen LogP contribution in [0.2, 0.25) is 0 Å². The summed E-state index contributed by atoms with van der Waals surface area (Å²) < 4.78 is 0. The molecule has 3 rings (SSSR count). The van der Waals surface area contributed by atoms with Crippen molar-refractivity contribution in [1.29, 1.82) is 0 Å². The van der Waals surface area contributed by atoms with Crippen LogP contribution in [-0.2, 0) is 0 Å². The van der Waals surface area contributed by atoms with Crippen LogP contribution < -0.4 is 4.90 Å². The van der Waals surface area contributed by atoms with Gasteiger partial charge in [-0.2, -0.15) is 0 Å². The molecule has 116 valence electrons. The second kappa shape index (κ2) is 6.93. The average molecular weight is 296 g/mol. The van der Waals surface area contributed by atoms with Gasteiger partial charge in [-0.15, -0.1) is 0 Å². The molecule has 3 nitrogen and oxygen atoms in total. The summed E-state index contributed by atoms with van der Waals surface area (Å²) in [6.45, 7) is 4.28. The highest BCUT2D eigenvalue weighted by Crippen LogP contribution is 2.26. The van der Waals surface area contributed by atoms with Gasteiger partial charge in [-0.25, -0.2) is 4.98 Å². The van der Waals surface area contributed by atoms with Gasteiger partial charge in [-0.3, -0.25) is 0 Å². The fraction of sp³-hybridized carbons (Fsp3) is 0.421. The van der Waals surface area contributed by atoms with Gasteiger partial charge in [0.2, 0.25) is 0 Å². The van der Waals surface area contributed by atoms with E-state index >= 15 is 0 Å². The first-order chi connectivity index (χ1) is 10.8. The Bertz CT molecular complexity index is 604. The molecule has 2 heterocycles. The van der Waals surface area contributed by atoms with E-state index in [0.29, 0.717) is 0 Å². The number of aryl methyl sites for hydroxylation is 1. The molecule has 1 aromatic carbocycles. The van der Waals surface area contributed by atoms with Crippen molar-refractivity contribution in [2.24, 2.45) is 0 Å². The molecule has 0 amide bonds. The highest BCUT2D eigenvalue weighted by molar-refractivity contribution is 5.48. The molecule has 1 saturated heterocycles. The first kappa shape index (κ1) is 15.0. The topological polar surface area (TPSA) is 36.4 Å². The Balaban J connectivity index is 1.82. The van der Waals surface area contributed by atoms with Crippen LogP contribution in [0, 0.1) is 6.92 Å². The number of benzene rings is 1. The lowest BCUT2D eigenvalue weighted by molar-refractivity contribution is 0.220. The molecule has 3 heteroatoms. The molecule has 0 spiro atoms. The molecule has 22 heavy (non-hydrogen) atoms. The van der Waals surface area contributed by atoms with E-state index in [4.69, 9.17) is 0 Å². The number of aliphatic hydroxyl groups is 1. The Hall–Kier alpha value is -1.87. The summed E-state index contributed by atoms with van der Waals surface area (Å²) in [5.41, 5.74) is 2.92. The number of hydrogen-bond donors (Lipinski definition) is 1. The van der Waals surface area contributed by atoms with Crippen LogP contribution in [0.1, 0.15) is 48.5 Å².